The molecule has 8 nitrogen and oxygen atoms in total. The van der Waals surface area contributed by atoms with Gasteiger partial charge in [-0.05, 0) is 56.0 Å². The summed E-state index contributed by atoms with van der Waals surface area (Å²) in [5.41, 5.74) is 2.27. The number of unbranched alkanes of at least 4 members (excludes halogenated alkanes) is 2. The first kappa shape index (κ1) is 25.2. The molecule has 0 bridgehead atoms. The molecule has 0 aliphatic carbocycles. The van der Waals surface area contributed by atoms with Crippen LogP contribution in [0.5, 0.6) is 11.5 Å². The number of para-hydroxylation sites is 1. The number of carbonyl (C=O) groups excluding carboxylic acids is 3. The zero-order valence-corrected chi connectivity index (χ0v) is 20.4. The monoisotopic (exact) mass is 489 g/mol. The Morgan fingerprint density at radius 2 is 1.83 bits per heavy atom. The number of carbonyl (C=O) groups is 3. The smallest absolute Gasteiger partial charge is 0.255 e. The Kier molecular flexibility index (Phi) is 8.49. The van der Waals surface area contributed by atoms with E-state index >= 15 is 0 Å². The Hall–Kier alpha value is -3.94. The van der Waals surface area contributed by atoms with Crippen molar-refractivity contribution in [1.82, 2.24) is 15.2 Å². The number of aromatic nitrogens is 1. The Morgan fingerprint density at radius 1 is 1.06 bits per heavy atom. The normalized spacial score (nSPS) is 13.4. The zero-order chi connectivity index (χ0) is 25.3. The molecule has 3 aromatic rings. The predicted molar refractivity (Wildman–Crippen MR) is 136 cm³/mol. The second-order valence-electron chi connectivity index (χ2n) is 8.71. The van der Waals surface area contributed by atoms with Crippen molar-refractivity contribution in [2.24, 2.45) is 0 Å². The molecule has 188 valence electrons. The van der Waals surface area contributed by atoms with Crippen LogP contribution in [-0.2, 0) is 16.1 Å². The van der Waals surface area contributed by atoms with Gasteiger partial charge in [-0.15, -0.1) is 0 Å². The maximum Gasteiger partial charge on any atom is 0.255 e. The van der Waals surface area contributed by atoms with Crippen molar-refractivity contribution in [2.45, 2.75) is 44.7 Å². The third-order valence-electron chi connectivity index (χ3n) is 6.37. The first-order chi connectivity index (χ1) is 17.6. The van der Waals surface area contributed by atoms with Crippen molar-refractivity contribution in [2.75, 3.05) is 20.3 Å². The van der Waals surface area contributed by atoms with Crippen molar-refractivity contribution < 1.29 is 23.9 Å². The molecule has 2 heterocycles. The van der Waals surface area contributed by atoms with E-state index in [1.54, 1.807) is 25.4 Å². The highest BCUT2D eigenvalue weighted by Crippen LogP contribution is 2.33. The summed E-state index contributed by atoms with van der Waals surface area (Å²) in [6, 6.07) is 14.6. The van der Waals surface area contributed by atoms with Crippen molar-refractivity contribution in [1.29, 1.82) is 0 Å². The Bertz CT molecular complexity index is 1220. The fourth-order valence-electron chi connectivity index (χ4n) is 4.37. The summed E-state index contributed by atoms with van der Waals surface area (Å²) >= 11 is 0. The van der Waals surface area contributed by atoms with E-state index in [2.05, 4.69) is 10.3 Å². The lowest BCUT2D eigenvalue weighted by atomic mass is 10.1. The molecule has 1 aliphatic rings. The van der Waals surface area contributed by atoms with Gasteiger partial charge in [-0.3, -0.25) is 14.6 Å². The van der Waals surface area contributed by atoms with Crippen molar-refractivity contribution in [3.63, 3.8) is 0 Å². The third kappa shape index (κ3) is 5.82. The molecule has 1 aromatic heterocycles. The first-order valence-corrected chi connectivity index (χ1v) is 12.3. The van der Waals surface area contributed by atoms with Gasteiger partial charge in [0.15, 0.2) is 0 Å². The van der Waals surface area contributed by atoms with Crippen LogP contribution in [-0.4, -0.2) is 54.3 Å². The molecule has 1 atom stereocenters. The molecular formula is C28H31N3O5. The Morgan fingerprint density at radius 3 is 2.61 bits per heavy atom. The van der Waals surface area contributed by atoms with Crippen LogP contribution in [0, 0.1) is 0 Å². The summed E-state index contributed by atoms with van der Waals surface area (Å²) in [4.78, 5) is 42.0. The maximum absolute atomic E-state index is 12.9. The largest absolute Gasteiger partial charge is 0.493 e. The van der Waals surface area contributed by atoms with E-state index in [1.165, 1.54) is 4.90 Å². The van der Waals surface area contributed by atoms with E-state index in [0.29, 0.717) is 31.1 Å². The number of nitrogens with one attached hydrogen (secondary N) is 1. The summed E-state index contributed by atoms with van der Waals surface area (Å²) in [5, 5.41) is 3.55. The lowest BCUT2D eigenvalue weighted by molar-refractivity contribution is -0.121. The summed E-state index contributed by atoms with van der Waals surface area (Å²) in [5.74, 6) is 1.15. The number of rotatable bonds is 13. The molecule has 0 radical (unpaired) electrons. The molecule has 0 saturated heterocycles. The number of fused-ring (bicyclic) bond motifs is 2. The predicted octanol–water partition coefficient (Wildman–Crippen LogP) is 3.91. The van der Waals surface area contributed by atoms with Crippen LogP contribution in [0.2, 0.25) is 0 Å². The lowest BCUT2D eigenvalue weighted by Crippen LogP contribution is -2.37. The quantitative estimate of drug-likeness (QED) is 0.289. The molecule has 0 spiro atoms. The van der Waals surface area contributed by atoms with Crippen LogP contribution in [0.4, 0.5) is 0 Å². The second kappa shape index (κ2) is 12.2. The average Bonchev–Trinajstić information content (AvgIpc) is 3.25. The van der Waals surface area contributed by atoms with Gasteiger partial charge in [-0.25, -0.2) is 0 Å². The Labute approximate surface area is 210 Å². The van der Waals surface area contributed by atoms with Gasteiger partial charge in [-0.1, -0.05) is 18.2 Å². The van der Waals surface area contributed by atoms with Crippen LogP contribution in [0.25, 0.3) is 10.9 Å². The molecule has 8 heteroatoms. The molecule has 1 unspecified atom stereocenters. The molecular weight excluding hydrogens is 458 g/mol. The van der Waals surface area contributed by atoms with E-state index in [9.17, 15) is 14.4 Å². The summed E-state index contributed by atoms with van der Waals surface area (Å²) in [7, 11) is 1.55. The molecule has 2 aromatic carbocycles. The van der Waals surface area contributed by atoms with E-state index in [-0.39, 0.29) is 24.7 Å². The van der Waals surface area contributed by atoms with E-state index < -0.39 is 6.04 Å². The van der Waals surface area contributed by atoms with E-state index in [0.717, 1.165) is 47.8 Å². The number of nitrogens with zero attached hydrogens (tertiary/aromatic N) is 2. The van der Waals surface area contributed by atoms with Crippen LogP contribution < -0.4 is 14.8 Å². The summed E-state index contributed by atoms with van der Waals surface area (Å²) in [6.45, 7) is 1.44. The first-order valence-electron chi connectivity index (χ1n) is 12.3. The number of hydrogen-bond donors (Lipinski definition) is 1. The standard InChI is InChI=1S/C28H31N3O5/c1-29-27(33)13-12-20(19-32)31-18-23-21(28(31)34)9-7-11-25(23)35-16-5-2-6-17-36-26-14-15-30-24-10-4-3-8-22(24)26/h3-4,7-11,14-15,19-20H,2,5-6,12-13,16-18H2,1H3,(H,29,33). The van der Waals surface area contributed by atoms with Gasteiger partial charge in [0, 0.05) is 36.2 Å². The zero-order valence-electron chi connectivity index (χ0n) is 20.4. The second-order valence-corrected chi connectivity index (χ2v) is 8.71. The minimum Gasteiger partial charge on any atom is -0.493 e. The third-order valence-corrected chi connectivity index (χ3v) is 6.37. The number of ether oxygens (including phenoxy) is 2. The van der Waals surface area contributed by atoms with Crippen molar-refractivity contribution in [3.8, 4) is 11.5 Å². The van der Waals surface area contributed by atoms with Crippen molar-refractivity contribution in [3.05, 3.63) is 65.9 Å². The van der Waals surface area contributed by atoms with Gasteiger partial charge >= 0.3 is 0 Å². The molecule has 0 fully saturated rings. The van der Waals surface area contributed by atoms with Crippen LogP contribution in [0.3, 0.4) is 0 Å². The maximum atomic E-state index is 12.9. The fourth-order valence-corrected chi connectivity index (χ4v) is 4.37. The highest BCUT2D eigenvalue weighted by molar-refractivity contribution is 6.00. The topological polar surface area (TPSA) is 97.8 Å². The van der Waals surface area contributed by atoms with Gasteiger partial charge in [0.05, 0.1) is 31.3 Å². The van der Waals surface area contributed by atoms with Gasteiger partial charge in [-0.2, -0.15) is 0 Å². The summed E-state index contributed by atoms with van der Waals surface area (Å²) in [6.07, 6.45) is 5.66. The number of hydrogen-bond acceptors (Lipinski definition) is 6. The summed E-state index contributed by atoms with van der Waals surface area (Å²) < 4.78 is 12.0. The van der Waals surface area contributed by atoms with Crippen LogP contribution >= 0.6 is 0 Å². The van der Waals surface area contributed by atoms with E-state index in [1.807, 2.05) is 36.4 Å². The molecule has 2 amide bonds. The number of pyridine rings is 1. The molecule has 1 N–H and O–H groups in total. The lowest BCUT2D eigenvalue weighted by Gasteiger charge is -2.22. The highest BCUT2D eigenvalue weighted by atomic mass is 16.5. The number of amides is 2. The molecule has 4 rings (SSSR count). The SMILES string of the molecule is CNC(=O)CCC(C=O)N1Cc2c(OCCCCCOc3ccnc4ccccc34)cccc2C1=O. The van der Waals surface area contributed by atoms with Crippen LogP contribution in [0.15, 0.2) is 54.7 Å². The van der Waals surface area contributed by atoms with Gasteiger partial charge in [0.2, 0.25) is 5.91 Å². The van der Waals surface area contributed by atoms with Crippen LogP contribution in [0.1, 0.15) is 48.0 Å². The fraction of sp³-hybridized carbons (Fsp3) is 0.357. The van der Waals surface area contributed by atoms with E-state index in [4.69, 9.17) is 9.47 Å². The van der Waals surface area contributed by atoms with Gasteiger partial charge in [0.1, 0.15) is 17.8 Å². The van der Waals surface area contributed by atoms with Crippen molar-refractivity contribution >= 4 is 29.0 Å². The minimum atomic E-state index is -0.646. The van der Waals surface area contributed by atoms with Gasteiger partial charge < -0.3 is 24.5 Å². The number of benzene rings is 2. The van der Waals surface area contributed by atoms with Gasteiger partial charge in [0.25, 0.3) is 5.91 Å². The highest BCUT2D eigenvalue weighted by Gasteiger charge is 2.34. The Balaban J connectivity index is 1.24. The average molecular weight is 490 g/mol. The molecule has 0 saturated carbocycles. The number of aldehydes is 1. The minimum absolute atomic E-state index is 0.158. The molecule has 1 aliphatic heterocycles. The molecule has 36 heavy (non-hydrogen) atoms.